The third kappa shape index (κ3) is 5.42. The minimum Gasteiger partial charge on any atom is -0.384 e. The van der Waals surface area contributed by atoms with Gasteiger partial charge in [-0.2, -0.15) is 25.6 Å². The fourth-order valence-electron chi connectivity index (χ4n) is 2.88. The van der Waals surface area contributed by atoms with Crippen molar-refractivity contribution in [3.05, 3.63) is 23.3 Å². The second kappa shape index (κ2) is 8.67. The highest BCUT2D eigenvalue weighted by Gasteiger charge is 2.59. The topological polar surface area (TPSA) is 116 Å². The Morgan fingerprint density at radius 3 is 2.10 bits per heavy atom. The molecule has 0 saturated carbocycles. The Bertz CT molecular complexity index is 870. The minimum absolute atomic E-state index is 0.0578. The molecule has 0 aromatic heterocycles. The van der Waals surface area contributed by atoms with Crippen molar-refractivity contribution in [1.29, 1.82) is 0 Å². The Kier molecular flexibility index (Phi) is 7.81. The van der Waals surface area contributed by atoms with Gasteiger partial charge >= 0.3 is 24.8 Å². The Morgan fingerprint density at radius 1 is 1.14 bits per heavy atom. The van der Waals surface area contributed by atoms with E-state index in [-0.39, 0.29) is 18.6 Å². The Balaban J connectivity index is 3.38. The van der Waals surface area contributed by atoms with Gasteiger partial charge < -0.3 is 9.47 Å². The summed E-state index contributed by atoms with van der Waals surface area (Å²) in [7, 11) is -9.35. The summed E-state index contributed by atoms with van der Waals surface area (Å²) in [6, 6.07) is 0. The zero-order valence-corrected chi connectivity index (χ0v) is 18.9. The first-order valence-corrected chi connectivity index (χ1v) is 11.4. The van der Waals surface area contributed by atoms with Crippen LogP contribution in [-0.4, -0.2) is 60.0 Å². The van der Waals surface area contributed by atoms with E-state index in [1.807, 2.05) is 26.8 Å². The van der Waals surface area contributed by atoms with E-state index >= 15 is 0 Å². The van der Waals surface area contributed by atoms with Crippen molar-refractivity contribution in [2.75, 3.05) is 34.0 Å². The molecule has 0 spiro atoms. The van der Waals surface area contributed by atoms with Crippen LogP contribution in [0.4, 0.5) is 8.78 Å². The molecule has 0 aliphatic heterocycles. The molecule has 0 aromatic carbocycles. The molecule has 1 N–H and O–H groups in total. The van der Waals surface area contributed by atoms with Crippen molar-refractivity contribution in [2.45, 2.75) is 32.3 Å². The van der Waals surface area contributed by atoms with Gasteiger partial charge in [-0.1, -0.05) is 39.8 Å². The normalized spacial score (nSPS) is 24.2. The molecule has 1 aliphatic carbocycles. The van der Waals surface area contributed by atoms with Crippen LogP contribution in [0.1, 0.15) is 27.7 Å². The van der Waals surface area contributed by atoms with E-state index < -0.39 is 42.8 Å². The number of alkyl halides is 2. The molecule has 2 atom stereocenters. The van der Waals surface area contributed by atoms with Crippen molar-refractivity contribution in [2.24, 2.45) is 16.7 Å². The van der Waals surface area contributed by atoms with Crippen molar-refractivity contribution < 1.29 is 43.8 Å². The molecule has 1 aliphatic rings. The molecular formula is C17H28F2O8S2. The summed E-state index contributed by atoms with van der Waals surface area (Å²) in [6.45, 7) is 6.87. The second-order valence-electron chi connectivity index (χ2n) is 8.11. The first-order valence-electron chi connectivity index (χ1n) is 8.59. The fourth-order valence-corrected chi connectivity index (χ4v) is 4.59. The van der Waals surface area contributed by atoms with Crippen LogP contribution in [-0.2, 0) is 33.9 Å². The van der Waals surface area contributed by atoms with Gasteiger partial charge in [0.1, 0.15) is 0 Å². The van der Waals surface area contributed by atoms with Gasteiger partial charge in [0.2, 0.25) is 0 Å². The molecule has 0 amide bonds. The lowest BCUT2D eigenvalue weighted by molar-refractivity contribution is 0.0608. The summed E-state index contributed by atoms with van der Waals surface area (Å²) in [6.07, 6.45) is 3.63. The predicted octanol–water partition coefficient (Wildman–Crippen LogP) is 2.60. The molecule has 29 heavy (non-hydrogen) atoms. The number of rotatable bonds is 9. The largest absolute Gasteiger partial charge is 0.496 e. The van der Waals surface area contributed by atoms with Crippen LogP contribution in [0.3, 0.4) is 0 Å². The fraction of sp³-hybridized carbons (Fsp3) is 0.765. The van der Waals surface area contributed by atoms with Crippen molar-refractivity contribution in [3.8, 4) is 0 Å². The van der Waals surface area contributed by atoms with E-state index in [1.165, 1.54) is 14.2 Å². The minimum atomic E-state index is -6.23. The first-order chi connectivity index (χ1) is 12.9. The van der Waals surface area contributed by atoms with Crippen LogP contribution in [0.5, 0.6) is 0 Å². The van der Waals surface area contributed by atoms with Gasteiger partial charge in [0.25, 0.3) is 0 Å². The van der Waals surface area contributed by atoms with Gasteiger partial charge in [0.15, 0.2) is 0 Å². The average Bonchev–Trinajstić information content (AvgIpc) is 2.55. The maximum atomic E-state index is 13.7. The third-order valence-electron chi connectivity index (χ3n) is 4.88. The van der Waals surface area contributed by atoms with Crippen LogP contribution in [0.2, 0.25) is 0 Å². The van der Waals surface area contributed by atoms with Gasteiger partial charge in [-0.05, 0) is 16.6 Å². The van der Waals surface area contributed by atoms with Gasteiger partial charge in [-0.25, -0.2) is 0 Å². The lowest BCUT2D eigenvalue weighted by Gasteiger charge is -2.42. The molecule has 0 aromatic rings. The molecule has 0 heterocycles. The van der Waals surface area contributed by atoms with E-state index in [9.17, 15) is 25.6 Å². The quantitative estimate of drug-likeness (QED) is 0.411. The number of ether oxygens (including phenoxy) is 2. The average molecular weight is 463 g/mol. The van der Waals surface area contributed by atoms with Crippen molar-refractivity contribution in [1.82, 2.24) is 0 Å². The Morgan fingerprint density at radius 2 is 1.69 bits per heavy atom. The first kappa shape index (κ1) is 26.1. The molecule has 0 saturated heterocycles. The highest BCUT2D eigenvalue weighted by molar-refractivity contribution is 8.05. The highest BCUT2D eigenvalue weighted by atomic mass is 32.3. The van der Waals surface area contributed by atoms with Gasteiger partial charge in [-0.3, -0.25) is 8.74 Å². The number of methoxy groups -OCH3 is 2. The van der Waals surface area contributed by atoms with Crippen molar-refractivity contribution in [3.63, 3.8) is 0 Å². The molecule has 2 unspecified atom stereocenters. The van der Waals surface area contributed by atoms with E-state index in [4.69, 9.17) is 14.0 Å². The van der Waals surface area contributed by atoms with Crippen LogP contribution in [0.25, 0.3) is 0 Å². The zero-order chi connectivity index (χ0) is 22.9. The summed E-state index contributed by atoms with van der Waals surface area (Å²) in [5.74, 6) is -0.480. The molecule has 1 rings (SSSR count). The highest BCUT2D eigenvalue weighted by Crippen LogP contribution is 2.46. The predicted molar refractivity (Wildman–Crippen MR) is 102 cm³/mol. The van der Waals surface area contributed by atoms with E-state index in [0.717, 1.165) is 5.57 Å². The molecule has 8 nitrogen and oxygen atoms in total. The summed E-state index contributed by atoms with van der Waals surface area (Å²) in [4.78, 5) is 0. The molecular weight excluding hydrogens is 434 g/mol. The van der Waals surface area contributed by atoms with E-state index in [0.29, 0.717) is 5.57 Å². The molecule has 0 bridgehead atoms. The summed E-state index contributed by atoms with van der Waals surface area (Å²) in [5.41, 5.74) is 0.0513. The summed E-state index contributed by atoms with van der Waals surface area (Å²) >= 11 is 0. The summed E-state index contributed by atoms with van der Waals surface area (Å²) in [5, 5.41) is 0. The standard InChI is InChI=1S/C17H28F2O8S2/c1-15(2,3)12-7-13(9-25-5)16(4,14(8-12)10-26-6)11-27-29(23,24)17(18,19)28(20,21)22/h7-8,13H,9-11H2,1-6H3,(H,20,21,22). The Labute approximate surface area is 170 Å². The van der Waals surface area contributed by atoms with Crippen LogP contribution < -0.4 is 0 Å². The van der Waals surface area contributed by atoms with Gasteiger partial charge in [0.05, 0.1) is 19.8 Å². The van der Waals surface area contributed by atoms with Crippen molar-refractivity contribution >= 4 is 20.2 Å². The van der Waals surface area contributed by atoms with Crippen LogP contribution in [0, 0.1) is 16.7 Å². The maximum Gasteiger partial charge on any atom is 0.496 e. The maximum absolute atomic E-state index is 13.7. The van der Waals surface area contributed by atoms with Gasteiger partial charge in [-0.15, -0.1) is 0 Å². The van der Waals surface area contributed by atoms with Crippen LogP contribution in [0.15, 0.2) is 23.3 Å². The monoisotopic (exact) mass is 462 g/mol. The zero-order valence-electron chi connectivity index (χ0n) is 17.2. The molecule has 170 valence electrons. The number of allylic oxidation sites excluding steroid dienone is 2. The lowest BCUT2D eigenvalue weighted by Crippen LogP contribution is -2.44. The third-order valence-corrected chi connectivity index (χ3v) is 7.73. The number of halogens is 2. The Hall–Kier alpha value is -0.920. The molecule has 0 radical (unpaired) electrons. The van der Waals surface area contributed by atoms with Crippen LogP contribution >= 0.6 is 0 Å². The SMILES string of the molecule is COCC1=CC(C(C)(C)C)=CC(COC)C1(C)COS(=O)(=O)C(F)(F)S(=O)(=O)O. The van der Waals surface area contributed by atoms with Gasteiger partial charge in [0, 0.05) is 25.6 Å². The molecule has 12 heteroatoms. The van der Waals surface area contributed by atoms with E-state index in [2.05, 4.69) is 4.18 Å². The molecule has 0 fully saturated rings. The second-order valence-corrected chi connectivity index (χ2v) is 11.5. The van der Waals surface area contributed by atoms with E-state index in [1.54, 1.807) is 13.0 Å². The number of hydrogen-bond donors (Lipinski definition) is 1. The lowest BCUT2D eigenvalue weighted by atomic mass is 9.65. The number of hydrogen-bond acceptors (Lipinski definition) is 7. The summed E-state index contributed by atoms with van der Waals surface area (Å²) < 4.78 is 90.5. The smallest absolute Gasteiger partial charge is 0.384 e.